The van der Waals surface area contributed by atoms with E-state index in [4.69, 9.17) is 24.5 Å². The van der Waals surface area contributed by atoms with Gasteiger partial charge in [0.25, 0.3) is 0 Å². The summed E-state index contributed by atoms with van der Waals surface area (Å²) in [5.74, 6) is -5.47. The van der Waals surface area contributed by atoms with Crippen molar-refractivity contribution in [1.29, 1.82) is 0 Å². The first-order valence-corrected chi connectivity index (χ1v) is 34.5. The Bertz CT molecular complexity index is 4180. The maximum atomic E-state index is 15.9. The number of hydrogen-bond donors (Lipinski definition) is 2. The Morgan fingerprint density at radius 2 is 0.884 bits per heavy atom. The number of carbonyl (C=O) groups is 3. The van der Waals surface area contributed by atoms with Crippen molar-refractivity contribution >= 4 is 60.3 Å². The Hall–Kier alpha value is -10.6. The summed E-state index contributed by atoms with van der Waals surface area (Å²) in [4.78, 5) is 64.9. The van der Waals surface area contributed by atoms with Crippen LogP contribution < -0.4 is 14.7 Å². The summed E-state index contributed by atoms with van der Waals surface area (Å²) >= 11 is 0. The lowest BCUT2D eigenvalue weighted by molar-refractivity contribution is -0.124. The first-order valence-electron chi connectivity index (χ1n) is 30.8. The zero-order chi connectivity index (χ0) is 67.3. The number of rotatable bonds is 17. The summed E-state index contributed by atoms with van der Waals surface area (Å²) in [7, 11) is -1.31. The molecular formula is C69H65F6N15O4Si. The van der Waals surface area contributed by atoms with E-state index >= 15 is 4.39 Å². The van der Waals surface area contributed by atoms with E-state index in [1.807, 2.05) is 0 Å². The van der Waals surface area contributed by atoms with Crippen LogP contribution in [0.5, 0.6) is 0 Å². The molecule has 9 aromatic rings. The zero-order valence-electron chi connectivity index (χ0n) is 52.2. The van der Waals surface area contributed by atoms with Crippen LogP contribution in [-0.2, 0) is 45.1 Å². The largest absolute Gasteiger partial charge is 0.359 e. The fraction of sp³-hybridized carbons (Fsp3) is 0.304. The molecule has 3 saturated heterocycles. The van der Waals surface area contributed by atoms with Gasteiger partial charge in [0.05, 0.1) is 19.7 Å². The van der Waals surface area contributed by atoms with Gasteiger partial charge in [-0.25, -0.2) is 45.6 Å². The molecule has 19 nitrogen and oxygen atoms in total. The molecule has 9 heterocycles. The first kappa shape index (κ1) is 67.3. The lowest BCUT2D eigenvalue weighted by Gasteiger charge is -2.32. The van der Waals surface area contributed by atoms with Crippen LogP contribution in [0.25, 0.3) is 48.3 Å². The molecule has 3 aromatic carbocycles. The highest BCUT2D eigenvalue weighted by Gasteiger charge is 2.38. The molecule has 95 heavy (non-hydrogen) atoms. The number of nitrogens with one attached hydrogen (secondary N) is 2. The molecule has 0 saturated carbocycles. The number of ether oxygens (including phenoxy) is 1. The summed E-state index contributed by atoms with van der Waals surface area (Å²) in [6, 6.07) is 24.0. The molecular weight excluding hydrogens is 1240 g/mol. The molecule has 3 atom stereocenters. The lowest BCUT2D eigenvalue weighted by Crippen LogP contribution is -2.43. The molecule has 26 heteroatoms. The molecule has 3 aliphatic rings. The minimum atomic E-state index is -1.31. The quantitative estimate of drug-likeness (QED) is 0.0383. The number of amides is 3. The van der Waals surface area contributed by atoms with E-state index < -0.39 is 60.7 Å². The van der Waals surface area contributed by atoms with E-state index in [0.29, 0.717) is 117 Å². The van der Waals surface area contributed by atoms with E-state index in [-0.39, 0.29) is 76.0 Å². The molecule has 486 valence electrons. The van der Waals surface area contributed by atoms with Gasteiger partial charge in [-0.1, -0.05) is 56.0 Å². The number of piperidine rings is 3. The van der Waals surface area contributed by atoms with Crippen LogP contribution >= 0.6 is 0 Å². The number of anilines is 3. The number of aromatic nitrogens is 9. The Labute approximate surface area is 545 Å². The molecule has 12 rings (SSSR count). The van der Waals surface area contributed by atoms with Gasteiger partial charge in [-0.2, -0.15) is 15.3 Å². The van der Waals surface area contributed by atoms with Crippen molar-refractivity contribution in [2.45, 2.75) is 90.2 Å². The first-order chi connectivity index (χ1) is 45.8. The summed E-state index contributed by atoms with van der Waals surface area (Å²) in [6.45, 7) is 29.3. The Morgan fingerprint density at radius 3 is 1.25 bits per heavy atom. The van der Waals surface area contributed by atoms with Crippen molar-refractivity contribution < 1.29 is 45.5 Å². The Morgan fingerprint density at radius 1 is 0.516 bits per heavy atom. The van der Waals surface area contributed by atoms with Crippen LogP contribution in [-0.4, -0.2) is 97.2 Å². The second kappa shape index (κ2) is 30.4. The third-order valence-electron chi connectivity index (χ3n) is 16.6. The number of aromatic amines is 2. The van der Waals surface area contributed by atoms with Crippen molar-refractivity contribution in [2.75, 3.05) is 40.9 Å². The fourth-order valence-corrected chi connectivity index (χ4v) is 12.4. The fourth-order valence-electron chi connectivity index (χ4n) is 11.6. The smallest absolute Gasteiger partial charge is 0.231 e. The monoisotopic (exact) mass is 1310 g/mol. The second-order valence-corrected chi connectivity index (χ2v) is 29.9. The normalized spacial score (nSPS) is 16.5. The van der Waals surface area contributed by atoms with E-state index in [2.05, 4.69) is 74.6 Å². The summed E-state index contributed by atoms with van der Waals surface area (Å²) in [6.07, 6.45) is 14.2. The topological polar surface area (TPSA) is 197 Å². The van der Waals surface area contributed by atoms with E-state index in [0.717, 1.165) is 6.04 Å². The Kier molecular flexibility index (Phi) is 21.5. The Balaban J connectivity index is 0.000000157. The third-order valence-corrected chi connectivity index (χ3v) is 18.3. The van der Waals surface area contributed by atoms with Crippen LogP contribution in [0.15, 0.2) is 128 Å². The number of pyridine rings is 3. The highest BCUT2D eigenvalue weighted by atomic mass is 28.3. The molecule has 3 fully saturated rings. The van der Waals surface area contributed by atoms with Gasteiger partial charge in [-0.3, -0.25) is 54.2 Å². The SMILES string of the molecule is [C-]#[N+]c1ccc(CC2CCCN(c3c(F)c(-c4ccncc4)nn3COCC[Si](C)(C)C)C2=O)cc1F.[C-]#[N+]c1ccc(C[C@@H]2CCCN(c3n[nH]c(-c4ccncc4)c3F)C2=O)cc1F.[C-]#[N+]c1ccc(C[C@H]2CCCN(c3n[nH]c(-c4ccncc4)c3F)C2=O)cc1F. The van der Waals surface area contributed by atoms with Crippen molar-refractivity contribution in [3.63, 3.8) is 0 Å². The number of halogens is 6. The van der Waals surface area contributed by atoms with Gasteiger partial charge in [0.1, 0.15) is 41.3 Å². The number of H-pyrrole nitrogens is 2. The van der Waals surface area contributed by atoms with Crippen LogP contribution in [0, 0.1) is 72.4 Å². The van der Waals surface area contributed by atoms with E-state index in [1.54, 1.807) is 91.8 Å². The van der Waals surface area contributed by atoms with E-state index in [1.165, 1.54) is 55.8 Å². The molecule has 3 amide bonds. The second-order valence-electron chi connectivity index (χ2n) is 24.3. The molecule has 2 N–H and O–H groups in total. The van der Waals surface area contributed by atoms with Gasteiger partial charge in [0.15, 0.2) is 34.9 Å². The van der Waals surface area contributed by atoms with Gasteiger partial charge < -0.3 is 4.74 Å². The van der Waals surface area contributed by atoms with Crippen molar-refractivity contribution in [1.82, 2.24) is 45.1 Å². The molecule has 0 radical (unpaired) electrons. The van der Waals surface area contributed by atoms with Crippen LogP contribution in [0.2, 0.25) is 25.7 Å². The number of carbonyl (C=O) groups excluding carboxylic acids is 3. The standard InChI is InChI=1S/C27H31F2N5O2Si.2C21H17F2N5O/c1-30-23-8-7-19(17-22(23)28)16-21-6-5-13-33(27(21)35)26-24(29)25(20-9-11-31-12-10-20)32-34(26)18-36-14-15-37(2,3)4;2*1-24-17-5-4-13(12-16(17)22)11-15-3-2-10-28(21(15)29)20-18(23)19(26-27-20)14-6-8-25-9-7-14/h7-12,17,21H,5-6,13-16,18H2,2-4H3;2*4-9,12,15H,2-3,10-11H2,(H,26,27)/t;2*15-/m.10/s1. The van der Waals surface area contributed by atoms with Crippen LogP contribution in [0.3, 0.4) is 0 Å². The van der Waals surface area contributed by atoms with Crippen molar-refractivity contribution in [3.05, 3.63) is 214 Å². The van der Waals surface area contributed by atoms with Gasteiger partial charge in [-0.05, 0) is 135 Å². The minimum absolute atomic E-state index is 0.0268. The maximum absolute atomic E-state index is 15.9. The summed E-state index contributed by atoms with van der Waals surface area (Å²) in [5, 5.41) is 17.9. The molecule has 3 aliphatic heterocycles. The predicted octanol–water partition coefficient (Wildman–Crippen LogP) is 14.6. The van der Waals surface area contributed by atoms with Gasteiger partial charge in [0.2, 0.25) is 34.8 Å². The van der Waals surface area contributed by atoms with Crippen molar-refractivity contribution in [3.8, 4) is 33.8 Å². The van der Waals surface area contributed by atoms with E-state index in [9.17, 15) is 36.3 Å². The van der Waals surface area contributed by atoms with Gasteiger partial charge in [0, 0.05) is 106 Å². The van der Waals surface area contributed by atoms with Crippen LogP contribution in [0.1, 0.15) is 55.2 Å². The predicted molar refractivity (Wildman–Crippen MR) is 347 cm³/mol. The third kappa shape index (κ3) is 15.9. The molecule has 6 aromatic heterocycles. The van der Waals surface area contributed by atoms with Gasteiger partial charge >= 0.3 is 0 Å². The molecule has 1 unspecified atom stereocenters. The number of benzene rings is 3. The van der Waals surface area contributed by atoms with Gasteiger partial charge in [-0.15, -0.1) is 0 Å². The molecule has 0 aliphatic carbocycles. The van der Waals surface area contributed by atoms with Crippen molar-refractivity contribution in [2.24, 2.45) is 17.8 Å². The average molecular weight is 1310 g/mol. The molecule has 0 spiro atoms. The molecule has 0 bridgehead atoms. The highest BCUT2D eigenvalue weighted by Crippen LogP contribution is 2.37. The highest BCUT2D eigenvalue weighted by molar-refractivity contribution is 6.76. The minimum Gasteiger partial charge on any atom is -0.359 e. The summed E-state index contributed by atoms with van der Waals surface area (Å²) in [5.41, 5.74) is 4.04. The lowest BCUT2D eigenvalue weighted by atomic mass is 9.90. The number of hydrogen-bond acceptors (Lipinski definition) is 10. The number of nitrogens with zero attached hydrogens (tertiary/aromatic N) is 13. The zero-order valence-corrected chi connectivity index (χ0v) is 53.2. The van der Waals surface area contributed by atoms with Crippen LogP contribution in [0.4, 0.5) is 60.9 Å². The maximum Gasteiger partial charge on any atom is 0.231 e. The summed E-state index contributed by atoms with van der Waals surface area (Å²) < 4.78 is 95.1. The average Bonchev–Trinajstić information content (AvgIpc) is 1.78.